The van der Waals surface area contributed by atoms with Crippen LogP contribution < -0.4 is 5.32 Å². The fraction of sp³-hybridized carbons (Fsp3) is 0.467. The van der Waals surface area contributed by atoms with Crippen molar-refractivity contribution in [1.29, 1.82) is 5.26 Å². The number of nitrogens with zero attached hydrogens (tertiary/aromatic N) is 2. The van der Waals surface area contributed by atoms with Crippen LogP contribution in [-0.4, -0.2) is 29.9 Å². The molecule has 21 heavy (non-hydrogen) atoms. The SMILES string of the molecule is CC(NCc1c(F)cc(C#N)cc1F)C(=O)N1CCCC1. The molecule has 4 nitrogen and oxygen atoms in total. The van der Waals surface area contributed by atoms with E-state index < -0.39 is 17.7 Å². The van der Waals surface area contributed by atoms with Crippen molar-refractivity contribution in [2.75, 3.05) is 13.1 Å². The molecule has 112 valence electrons. The zero-order valence-electron chi connectivity index (χ0n) is 11.8. The van der Waals surface area contributed by atoms with Crippen molar-refractivity contribution in [3.05, 3.63) is 34.9 Å². The fourth-order valence-electron chi connectivity index (χ4n) is 2.39. The van der Waals surface area contributed by atoms with Gasteiger partial charge in [-0.3, -0.25) is 4.79 Å². The topological polar surface area (TPSA) is 56.1 Å². The molecule has 1 saturated heterocycles. The monoisotopic (exact) mass is 293 g/mol. The molecule has 0 aromatic heterocycles. The smallest absolute Gasteiger partial charge is 0.239 e. The summed E-state index contributed by atoms with van der Waals surface area (Å²) >= 11 is 0. The summed E-state index contributed by atoms with van der Waals surface area (Å²) in [4.78, 5) is 13.8. The first-order chi connectivity index (χ1) is 10.0. The summed E-state index contributed by atoms with van der Waals surface area (Å²) in [5.41, 5.74) is -0.218. The first-order valence-electron chi connectivity index (χ1n) is 6.93. The summed E-state index contributed by atoms with van der Waals surface area (Å²) in [6, 6.07) is 3.18. The molecule has 1 aromatic rings. The van der Waals surface area contributed by atoms with Crippen molar-refractivity contribution in [1.82, 2.24) is 10.2 Å². The highest BCUT2D eigenvalue weighted by Gasteiger charge is 2.23. The van der Waals surface area contributed by atoms with Gasteiger partial charge in [0.25, 0.3) is 0 Å². The summed E-state index contributed by atoms with van der Waals surface area (Å²) in [6.45, 7) is 3.07. The fourth-order valence-corrected chi connectivity index (χ4v) is 2.39. The highest BCUT2D eigenvalue weighted by Crippen LogP contribution is 2.15. The van der Waals surface area contributed by atoms with Crippen molar-refractivity contribution < 1.29 is 13.6 Å². The molecule has 1 aromatic carbocycles. The van der Waals surface area contributed by atoms with Crippen LogP contribution in [-0.2, 0) is 11.3 Å². The average molecular weight is 293 g/mol. The van der Waals surface area contributed by atoms with Crippen LogP contribution in [0.15, 0.2) is 12.1 Å². The van der Waals surface area contributed by atoms with Gasteiger partial charge in [-0.05, 0) is 31.9 Å². The first-order valence-corrected chi connectivity index (χ1v) is 6.93. The Kier molecular flexibility index (Phi) is 4.86. The Morgan fingerprint density at radius 1 is 1.38 bits per heavy atom. The lowest BCUT2D eigenvalue weighted by Crippen LogP contribution is -2.43. The zero-order chi connectivity index (χ0) is 15.4. The first kappa shape index (κ1) is 15.4. The van der Waals surface area contributed by atoms with Crippen LogP contribution in [0.2, 0.25) is 0 Å². The lowest BCUT2D eigenvalue weighted by Gasteiger charge is -2.21. The molecule has 1 unspecified atom stereocenters. The Labute approximate surface area is 122 Å². The standard InChI is InChI=1S/C15H17F2N3O/c1-10(15(21)20-4-2-3-5-20)19-9-12-13(16)6-11(8-18)7-14(12)17/h6-7,10,19H,2-5,9H2,1H3. The van der Waals surface area contributed by atoms with Gasteiger partial charge in [-0.1, -0.05) is 0 Å². The lowest BCUT2D eigenvalue weighted by atomic mass is 10.1. The molecule has 1 atom stereocenters. The largest absolute Gasteiger partial charge is 0.341 e. The van der Waals surface area contributed by atoms with E-state index >= 15 is 0 Å². The molecule has 1 fully saturated rings. The van der Waals surface area contributed by atoms with Crippen molar-refractivity contribution in [3.8, 4) is 6.07 Å². The van der Waals surface area contributed by atoms with Crippen molar-refractivity contribution >= 4 is 5.91 Å². The van der Waals surface area contributed by atoms with E-state index in [0.29, 0.717) is 0 Å². The minimum atomic E-state index is -0.778. The van der Waals surface area contributed by atoms with Crippen LogP contribution in [0, 0.1) is 23.0 Å². The normalized spacial score (nSPS) is 15.8. The minimum absolute atomic E-state index is 0.0537. The third-order valence-electron chi connectivity index (χ3n) is 3.64. The molecule has 1 heterocycles. The van der Waals surface area contributed by atoms with Gasteiger partial charge in [0.15, 0.2) is 0 Å². The summed E-state index contributed by atoms with van der Waals surface area (Å²) < 4.78 is 27.4. The van der Waals surface area contributed by atoms with E-state index in [1.165, 1.54) is 0 Å². The number of nitrogens with one attached hydrogen (secondary N) is 1. The van der Waals surface area contributed by atoms with Crippen molar-refractivity contribution in [2.24, 2.45) is 0 Å². The van der Waals surface area contributed by atoms with Gasteiger partial charge >= 0.3 is 0 Å². The maximum atomic E-state index is 13.7. The number of hydrogen-bond acceptors (Lipinski definition) is 3. The number of carbonyl (C=O) groups is 1. The number of halogens is 2. The second-order valence-corrected chi connectivity index (χ2v) is 5.17. The highest BCUT2D eigenvalue weighted by atomic mass is 19.1. The summed E-state index contributed by atoms with van der Waals surface area (Å²) in [7, 11) is 0. The van der Waals surface area contributed by atoms with Crippen LogP contribution in [0.5, 0.6) is 0 Å². The van der Waals surface area contributed by atoms with E-state index in [4.69, 9.17) is 5.26 Å². The Morgan fingerprint density at radius 2 is 1.95 bits per heavy atom. The van der Waals surface area contributed by atoms with E-state index in [9.17, 15) is 13.6 Å². The van der Waals surface area contributed by atoms with E-state index in [1.807, 2.05) is 0 Å². The number of likely N-dealkylation sites (tertiary alicyclic amines) is 1. The number of rotatable bonds is 4. The highest BCUT2D eigenvalue weighted by molar-refractivity contribution is 5.81. The second kappa shape index (κ2) is 6.64. The number of hydrogen-bond donors (Lipinski definition) is 1. The molecule has 0 radical (unpaired) electrons. The number of carbonyl (C=O) groups excluding carboxylic acids is 1. The van der Waals surface area contributed by atoms with Gasteiger partial charge in [0.2, 0.25) is 5.91 Å². The molecule has 1 amide bonds. The van der Waals surface area contributed by atoms with Gasteiger partial charge in [0.1, 0.15) is 11.6 Å². The number of amides is 1. The molecule has 1 N–H and O–H groups in total. The van der Waals surface area contributed by atoms with Gasteiger partial charge in [0, 0.05) is 25.2 Å². The third kappa shape index (κ3) is 3.56. The van der Waals surface area contributed by atoms with Crippen molar-refractivity contribution in [2.45, 2.75) is 32.4 Å². The molecule has 0 spiro atoms. The van der Waals surface area contributed by atoms with Gasteiger partial charge in [0.05, 0.1) is 17.7 Å². The average Bonchev–Trinajstić information content (AvgIpc) is 2.99. The molecule has 6 heteroatoms. The van der Waals surface area contributed by atoms with Crippen LogP contribution in [0.3, 0.4) is 0 Å². The molecule has 0 aliphatic carbocycles. The Balaban J connectivity index is 1.99. The predicted molar refractivity (Wildman–Crippen MR) is 73.2 cm³/mol. The Hall–Kier alpha value is -2.00. The third-order valence-corrected chi connectivity index (χ3v) is 3.64. The molecule has 2 rings (SSSR count). The molecular weight excluding hydrogens is 276 g/mol. The van der Waals surface area contributed by atoms with Gasteiger partial charge in [-0.25, -0.2) is 8.78 Å². The quantitative estimate of drug-likeness (QED) is 0.923. The van der Waals surface area contributed by atoms with E-state index in [2.05, 4.69) is 5.32 Å². The summed E-state index contributed by atoms with van der Waals surface area (Å²) in [5.74, 6) is -1.61. The maximum Gasteiger partial charge on any atom is 0.239 e. The summed E-state index contributed by atoms with van der Waals surface area (Å²) in [5, 5.41) is 11.5. The van der Waals surface area contributed by atoms with E-state index in [1.54, 1.807) is 17.9 Å². The van der Waals surface area contributed by atoms with Crippen LogP contribution in [0.25, 0.3) is 0 Å². The number of benzene rings is 1. The van der Waals surface area contributed by atoms with E-state index in [0.717, 1.165) is 38.1 Å². The van der Waals surface area contributed by atoms with Crippen LogP contribution in [0.4, 0.5) is 8.78 Å². The predicted octanol–water partition coefficient (Wildman–Crippen LogP) is 1.94. The summed E-state index contributed by atoms with van der Waals surface area (Å²) in [6.07, 6.45) is 1.99. The molecule has 0 saturated carbocycles. The van der Waals surface area contributed by atoms with Crippen molar-refractivity contribution in [3.63, 3.8) is 0 Å². The zero-order valence-corrected chi connectivity index (χ0v) is 11.8. The maximum absolute atomic E-state index is 13.7. The lowest BCUT2D eigenvalue weighted by molar-refractivity contribution is -0.132. The van der Waals surface area contributed by atoms with Crippen LogP contribution >= 0.6 is 0 Å². The van der Waals surface area contributed by atoms with Crippen LogP contribution in [0.1, 0.15) is 30.9 Å². The van der Waals surface area contributed by atoms with Gasteiger partial charge < -0.3 is 10.2 Å². The van der Waals surface area contributed by atoms with Gasteiger partial charge in [-0.15, -0.1) is 0 Å². The molecular formula is C15H17F2N3O. The minimum Gasteiger partial charge on any atom is -0.341 e. The molecule has 0 bridgehead atoms. The second-order valence-electron chi connectivity index (χ2n) is 5.17. The van der Waals surface area contributed by atoms with E-state index in [-0.39, 0.29) is 23.6 Å². The molecule has 1 aliphatic heterocycles. The van der Waals surface area contributed by atoms with Gasteiger partial charge in [-0.2, -0.15) is 5.26 Å². The Morgan fingerprint density at radius 3 is 2.48 bits per heavy atom. The Bertz CT molecular complexity index is 554. The number of nitriles is 1. The molecule has 1 aliphatic rings.